The van der Waals surface area contributed by atoms with E-state index < -0.39 is 10.8 Å². The molecule has 0 bridgehead atoms. The third-order valence-electron chi connectivity index (χ3n) is 3.60. The predicted molar refractivity (Wildman–Crippen MR) is 112 cm³/mol. The number of anilines is 1. The minimum absolute atomic E-state index is 0.251. The molecule has 0 saturated carbocycles. The molecule has 1 unspecified atom stereocenters. The van der Waals surface area contributed by atoms with Crippen molar-refractivity contribution in [3.8, 4) is 11.5 Å². The van der Waals surface area contributed by atoms with E-state index >= 15 is 0 Å². The minimum Gasteiger partial charge on any atom is -0.494 e. The van der Waals surface area contributed by atoms with Crippen LogP contribution in [0, 0.1) is 0 Å². The summed E-state index contributed by atoms with van der Waals surface area (Å²) in [7, 11) is -0.983. The third-order valence-corrected chi connectivity index (χ3v) is 4.89. The Morgan fingerprint density at radius 2 is 1.85 bits per heavy atom. The molecule has 2 aromatic carbocycles. The lowest BCUT2D eigenvalue weighted by Crippen LogP contribution is -2.24. The quantitative estimate of drug-likeness (QED) is 0.481. The lowest BCUT2D eigenvalue weighted by molar-refractivity contribution is 0.332. The van der Waals surface area contributed by atoms with Crippen LogP contribution in [0.3, 0.4) is 0 Å². The van der Waals surface area contributed by atoms with Crippen LogP contribution in [-0.4, -0.2) is 35.7 Å². The smallest absolute Gasteiger partial charge is 0.193 e. The second kappa shape index (κ2) is 11.2. The standard InChI is InChI=1S/C20H27N3O3S/c1-3-25-17-10-11-19(26-4-2)18(14-17)23-20(21)22-12-13-27(24)15-16-8-6-5-7-9-16/h5-11,14H,3-4,12-13,15H2,1-2H3,(H3,21,22,23). The molecule has 3 N–H and O–H groups in total. The zero-order chi connectivity index (χ0) is 19.5. The van der Waals surface area contributed by atoms with Crippen molar-refractivity contribution in [1.29, 1.82) is 0 Å². The summed E-state index contributed by atoms with van der Waals surface area (Å²) in [4.78, 5) is 4.27. The molecule has 0 aliphatic heterocycles. The van der Waals surface area contributed by atoms with Crippen LogP contribution in [0.15, 0.2) is 53.5 Å². The van der Waals surface area contributed by atoms with Crippen LogP contribution >= 0.6 is 0 Å². The molecule has 7 heteroatoms. The van der Waals surface area contributed by atoms with Gasteiger partial charge in [-0.05, 0) is 31.5 Å². The van der Waals surface area contributed by atoms with Gasteiger partial charge in [0.25, 0.3) is 0 Å². The van der Waals surface area contributed by atoms with Gasteiger partial charge in [-0.2, -0.15) is 0 Å². The van der Waals surface area contributed by atoms with Crippen LogP contribution < -0.4 is 20.5 Å². The topological polar surface area (TPSA) is 85.9 Å². The first-order valence-corrected chi connectivity index (χ1v) is 10.5. The van der Waals surface area contributed by atoms with Gasteiger partial charge in [0.2, 0.25) is 0 Å². The van der Waals surface area contributed by atoms with E-state index in [4.69, 9.17) is 15.2 Å². The van der Waals surface area contributed by atoms with Gasteiger partial charge >= 0.3 is 0 Å². The molecule has 146 valence electrons. The molecule has 2 rings (SSSR count). The van der Waals surface area contributed by atoms with Crippen LogP contribution in [0.1, 0.15) is 19.4 Å². The number of nitrogens with one attached hydrogen (secondary N) is 1. The Bertz CT molecular complexity index is 766. The summed E-state index contributed by atoms with van der Waals surface area (Å²) in [5.41, 5.74) is 7.72. The monoisotopic (exact) mass is 389 g/mol. The Morgan fingerprint density at radius 1 is 1.11 bits per heavy atom. The fourth-order valence-electron chi connectivity index (χ4n) is 2.42. The van der Waals surface area contributed by atoms with Crippen LogP contribution in [0.4, 0.5) is 5.69 Å². The summed E-state index contributed by atoms with van der Waals surface area (Å²) in [6.45, 7) is 5.34. The van der Waals surface area contributed by atoms with Crippen molar-refractivity contribution >= 4 is 22.4 Å². The molecular formula is C20H27N3O3S. The van der Waals surface area contributed by atoms with Gasteiger partial charge in [-0.3, -0.25) is 9.20 Å². The van der Waals surface area contributed by atoms with Crippen molar-refractivity contribution < 1.29 is 13.7 Å². The van der Waals surface area contributed by atoms with Gasteiger partial charge in [0.05, 0.1) is 25.4 Å². The van der Waals surface area contributed by atoms with Gasteiger partial charge in [-0.15, -0.1) is 0 Å². The van der Waals surface area contributed by atoms with Crippen molar-refractivity contribution in [2.75, 3.05) is 30.8 Å². The lowest BCUT2D eigenvalue weighted by atomic mass is 10.2. The molecule has 0 spiro atoms. The zero-order valence-electron chi connectivity index (χ0n) is 15.8. The van der Waals surface area contributed by atoms with Gasteiger partial charge in [0.15, 0.2) is 5.96 Å². The highest BCUT2D eigenvalue weighted by atomic mass is 32.2. The first-order chi connectivity index (χ1) is 13.1. The molecule has 0 amide bonds. The molecule has 27 heavy (non-hydrogen) atoms. The Balaban J connectivity index is 1.92. The Labute approximate surface area is 163 Å². The van der Waals surface area contributed by atoms with E-state index in [1.807, 2.05) is 62.4 Å². The molecule has 0 saturated heterocycles. The number of rotatable bonds is 10. The van der Waals surface area contributed by atoms with Crippen molar-refractivity contribution in [2.24, 2.45) is 10.7 Å². The Kier molecular flexibility index (Phi) is 8.64. The number of hydrogen-bond acceptors (Lipinski definition) is 4. The number of aliphatic imine (C=N–C) groups is 1. The van der Waals surface area contributed by atoms with E-state index in [9.17, 15) is 4.21 Å². The maximum atomic E-state index is 12.2. The summed E-state index contributed by atoms with van der Waals surface area (Å²) in [6.07, 6.45) is 0. The fraction of sp³-hybridized carbons (Fsp3) is 0.350. The number of nitrogens with zero attached hydrogens (tertiary/aromatic N) is 1. The fourth-order valence-corrected chi connectivity index (χ4v) is 3.43. The van der Waals surface area contributed by atoms with Crippen LogP contribution in [0.25, 0.3) is 0 Å². The van der Waals surface area contributed by atoms with E-state index in [1.54, 1.807) is 0 Å². The number of ether oxygens (including phenoxy) is 2. The largest absolute Gasteiger partial charge is 0.494 e. The van der Waals surface area contributed by atoms with Gasteiger partial charge in [-0.1, -0.05) is 30.3 Å². The average molecular weight is 390 g/mol. The Morgan fingerprint density at radius 3 is 2.56 bits per heavy atom. The number of hydrogen-bond donors (Lipinski definition) is 2. The minimum atomic E-state index is -0.983. The van der Waals surface area contributed by atoms with Crippen molar-refractivity contribution in [2.45, 2.75) is 19.6 Å². The summed E-state index contributed by atoms with van der Waals surface area (Å²) >= 11 is 0. The van der Waals surface area contributed by atoms with Gasteiger partial charge in [-0.25, -0.2) is 0 Å². The second-order valence-corrected chi connectivity index (χ2v) is 7.27. The third kappa shape index (κ3) is 7.30. The molecule has 0 aliphatic carbocycles. The highest BCUT2D eigenvalue weighted by Crippen LogP contribution is 2.29. The van der Waals surface area contributed by atoms with Gasteiger partial charge < -0.3 is 20.5 Å². The van der Waals surface area contributed by atoms with Crippen LogP contribution in [0.5, 0.6) is 11.5 Å². The normalized spacial score (nSPS) is 12.4. The van der Waals surface area contributed by atoms with Gasteiger partial charge in [0.1, 0.15) is 11.5 Å². The first-order valence-electron chi connectivity index (χ1n) is 8.97. The molecule has 0 radical (unpaired) electrons. The van der Waals surface area contributed by atoms with Crippen molar-refractivity contribution in [3.05, 3.63) is 54.1 Å². The Hall–Kier alpha value is -2.54. The number of nitrogens with two attached hydrogens (primary N) is 1. The van der Waals surface area contributed by atoms with Crippen molar-refractivity contribution in [1.82, 2.24) is 0 Å². The summed E-state index contributed by atoms with van der Waals surface area (Å²) in [5, 5.41) is 3.04. The van der Waals surface area contributed by atoms with Crippen LogP contribution in [0.2, 0.25) is 0 Å². The zero-order valence-corrected chi connectivity index (χ0v) is 16.6. The SMILES string of the molecule is CCOc1ccc(OCC)c(NC(N)=NCCS(=O)Cc2ccccc2)c1. The lowest BCUT2D eigenvalue weighted by Gasteiger charge is -2.14. The van der Waals surface area contributed by atoms with Crippen LogP contribution in [-0.2, 0) is 16.6 Å². The summed E-state index contributed by atoms with van der Waals surface area (Å²) < 4.78 is 23.3. The summed E-state index contributed by atoms with van der Waals surface area (Å²) in [6, 6.07) is 15.3. The molecule has 0 aliphatic rings. The van der Waals surface area contributed by atoms with E-state index in [0.29, 0.717) is 42.7 Å². The molecule has 0 heterocycles. The van der Waals surface area contributed by atoms with E-state index in [2.05, 4.69) is 10.3 Å². The molecular weight excluding hydrogens is 362 g/mol. The molecule has 1 atom stereocenters. The van der Waals surface area contributed by atoms with Crippen molar-refractivity contribution in [3.63, 3.8) is 0 Å². The average Bonchev–Trinajstić information content (AvgIpc) is 2.65. The van der Waals surface area contributed by atoms with E-state index in [-0.39, 0.29) is 5.96 Å². The number of benzene rings is 2. The first kappa shape index (κ1) is 20.8. The highest BCUT2D eigenvalue weighted by molar-refractivity contribution is 7.84. The van der Waals surface area contributed by atoms with Gasteiger partial charge in [0, 0.05) is 28.4 Å². The maximum absolute atomic E-state index is 12.2. The molecule has 0 aromatic heterocycles. The highest BCUT2D eigenvalue weighted by Gasteiger charge is 2.07. The maximum Gasteiger partial charge on any atom is 0.193 e. The molecule has 6 nitrogen and oxygen atoms in total. The predicted octanol–water partition coefficient (Wildman–Crippen LogP) is 3.16. The second-order valence-electron chi connectivity index (χ2n) is 5.69. The van der Waals surface area contributed by atoms with E-state index in [0.717, 1.165) is 11.3 Å². The summed E-state index contributed by atoms with van der Waals surface area (Å²) in [5.74, 6) is 2.62. The number of guanidine groups is 1. The molecule has 0 fully saturated rings. The van der Waals surface area contributed by atoms with E-state index in [1.165, 1.54) is 0 Å². The molecule has 2 aromatic rings.